The van der Waals surface area contributed by atoms with Crippen LogP contribution in [0.15, 0.2) is 40.8 Å². The lowest BCUT2D eigenvalue weighted by molar-refractivity contribution is -0.137. The number of nitrogens with one attached hydrogen (secondary N) is 1. The number of rotatable bonds is 6. The van der Waals surface area contributed by atoms with Gasteiger partial charge in [-0.15, -0.1) is 11.3 Å². The van der Waals surface area contributed by atoms with Crippen LogP contribution in [0.4, 0.5) is 0 Å². The van der Waals surface area contributed by atoms with Gasteiger partial charge in [-0.1, -0.05) is 25.5 Å². The number of hydrogen-bond acceptors (Lipinski definition) is 5. The van der Waals surface area contributed by atoms with Crippen LogP contribution in [0.25, 0.3) is 10.9 Å². The summed E-state index contributed by atoms with van der Waals surface area (Å²) in [6.45, 7) is 4.96. The molecule has 1 aromatic carbocycles. The first-order valence-electron chi connectivity index (χ1n) is 10.6. The molecule has 1 N–H and O–H groups in total. The van der Waals surface area contributed by atoms with Crippen molar-refractivity contribution in [3.05, 3.63) is 62.3 Å². The van der Waals surface area contributed by atoms with Gasteiger partial charge < -0.3 is 10.2 Å². The summed E-state index contributed by atoms with van der Waals surface area (Å²) in [6, 6.07) is 6.88. The van der Waals surface area contributed by atoms with Gasteiger partial charge in [0, 0.05) is 18.0 Å². The van der Waals surface area contributed by atoms with Crippen molar-refractivity contribution in [2.24, 2.45) is 0 Å². The van der Waals surface area contributed by atoms with E-state index in [4.69, 9.17) is 0 Å². The maximum absolute atomic E-state index is 13.1. The van der Waals surface area contributed by atoms with Gasteiger partial charge in [0.25, 0.3) is 5.56 Å². The molecule has 3 aromatic rings. The number of carbonyl (C=O) groups is 2. The molecule has 0 bridgehead atoms. The summed E-state index contributed by atoms with van der Waals surface area (Å²) in [7, 11) is 0. The van der Waals surface area contributed by atoms with Crippen molar-refractivity contribution in [1.29, 1.82) is 0 Å². The molecule has 2 aromatic heterocycles. The second-order valence-corrected chi connectivity index (χ2v) is 8.94. The molecule has 162 valence electrons. The zero-order valence-electron chi connectivity index (χ0n) is 17.8. The fourth-order valence-electron chi connectivity index (χ4n) is 4.05. The van der Waals surface area contributed by atoms with Crippen molar-refractivity contribution in [1.82, 2.24) is 19.8 Å². The van der Waals surface area contributed by atoms with Gasteiger partial charge in [-0.2, -0.15) is 0 Å². The van der Waals surface area contributed by atoms with Crippen molar-refractivity contribution < 1.29 is 9.59 Å². The average Bonchev–Trinajstić information content (AvgIpc) is 3.23. The molecule has 1 aliphatic heterocycles. The van der Waals surface area contributed by atoms with Gasteiger partial charge in [0.1, 0.15) is 12.6 Å². The Bertz CT molecular complexity index is 1180. The van der Waals surface area contributed by atoms with Crippen molar-refractivity contribution >= 4 is 34.1 Å². The molecule has 1 aliphatic rings. The summed E-state index contributed by atoms with van der Waals surface area (Å²) < 4.78 is 1.29. The van der Waals surface area contributed by atoms with E-state index < -0.39 is 6.04 Å². The molecule has 8 heteroatoms. The van der Waals surface area contributed by atoms with Gasteiger partial charge in [0.15, 0.2) is 0 Å². The highest BCUT2D eigenvalue weighted by molar-refractivity contribution is 7.10. The number of amides is 2. The molecule has 0 aliphatic carbocycles. The normalized spacial score (nSPS) is 14.3. The van der Waals surface area contributed by atoms with Gasteiger partial charge in [0.05, 0.1) is 17.2 Å². The Morgan fingerprint density at radius 1 is 1.29 bits per heavy atom. The van der Waals surface area contributed by atoms with Crippen LogP contribution in [-0.2, 0) is 29.1 Å². The van der Waals surface area contributed by atoms with Gasteiger partial charge >= 0.3 is 0 Å². The zero-order chi connectivity index (χ0) is 22.0. The molecular formula is C23H26N4O3S. The van der Waals surface area contributed by atoms with E-state index in [0.29, 0.717) is 30.4 Å². The van der Waals surface area contributed by atoms with Crippen LogP contribution in [0.1, 0.15) is 35.8 Å². The Labute approximate surface area is 184 Å². The van der Waals surface area contributed by atoms with Crippen molar-refractivity contribution in [3.63, 3.8) is 0 Å². The first-order valence-corrected chi connectivity index (χ1v) is 11.4. The Kier molecular flexibility index (Phi) is 6.18. The van der Waals surface area contributed by atoms with Crippen LogP contribution in [0, 0.1) is 6.92 Å². The number of benzene rings is 1. The van der Waals surface area contributed by atoms with Crippen LogP contribution in [0.2, 0.25) is 0 Å². The quantitative estimate of drug-likeness (QED) is 0.641. The molecule has 1 atom stereocenters. The number of carbonyl (C=O) groups excluding carboxylic acids is 2. The van der Waals surface area contributed by atoms with E-state index in [1.54, 1.807) is 23.5 Å². The summed E-state index contributed by atoms with van der Waals surface area (Å²) in [6.07, 6.45) is 3.58. The second-order valence-electron chi connectivity index (χ2n) is 7.94. The lowest BCUT2D eigenvalue weighted by Gasteiger charge is -2.31. The van der Waals surface area contributed by atoms with E-state index in [2.05, 4.69) is 21.7 Å². The number of para-hydroxylation sites is 1. The van der Waals surface area contributed by atoms with Crippen molar-refractivity contribution in [2.75, 3.05) is 6.54 Å². The molecule has 1 unspecified atom stereocenters. The smallest absolute Gasteiger partial charge is 0.261 e. The number of fused-ring (bicyclic) bond motifs is 2. The fraction of sp³-hybridized carbons (Fsp3) is 0.391. The van der Waals surface area contributed by atoms with E-state index in [-0.39, 0.29) is 23.9 Å². The Hall–Kier alpha value is -3.00. The summed E-state index contributed by atoms with van der Waals surface area (Å²) in [5.41, 5.74) is 2.48. The van der Waals surface area contributed by atoms with E-state index in [1.807, 2.05) is 24.8 Å². The van der Waals surface area contributed by atoms with Crippen LogP contribution < -0.4 is 10.9 Å². The zero-order valence-corrected chi connectivity index (χ0v) is 18.6. The van der Waals surface area contributed by atoms with Crippen molar-refractivity contribution in [2.45, 2.75) is 52.2 Å². The standard InChI is InChI=1S/C23H26N4O3S/c1-3-5-18(23(30)26-10-8-19-16(12-26)9-11-31-19)25-20(28)13-27-14-24-21-15(2)6-4-7-17(21)22(27)29/h4,6-7,9,11,14,18H,3,5,8,10,12-13H2,1-2H3,(H,25,28). The molecule has 0 radical (unpaired) electrons. The molecule has 2 amide bonds. The van der Waals surface area contributed by atoms with Gasteiger partial charge in [-0.3, -0.25) is 19.0 Å². The van der Waals surface area contributed by atoms with E-state index in [0.717, 1.165) is 18.4 Å². The Morgan fingerprint density at radius 2 is 2.13 bits per heavy atom. The minimum absolute atomic E-state index is 0.0633. The molecule has 4 rings (SSSR count). The summed E-state index contributed by atoms with van der Waals surface area (Å²) >= 11 is 1.73. The molecular weight excluding hydrogens is 412 g/mol. The maximum Gasteiger partial charge on any atom is 0.261 e. The molecule has 31 heavy (non-hydrogen) atoms. The number of aryl methyl sites for hydroxylation is 1. The highest BCUT2D eigenvalue weighted by Crippen LogP contribution is 2.24. The van der Waals surface area contributed by atoms with E-state index in [9.17, 15) is 14.4 Å². The van der Waals surface area contributed by atoms with E-state index in [1.165, 1.54) is 21.3 Å². The third-order valence-corrected chi connectivity index (χ3v) is 6.72. The largest absolute Gasteiger partial charge is 0.343 e. The summed E-state index contributed by atoms with van der Waals surface area (Å²) in [5.74, 6) is -0.428. The van der Waals surface area contributed by atoms with Crippen LogP contribution >= 0.6 is 11.3 Å². The highest BCUT2D eigenvalue weighted by atomic mass is 32.1. The molecule has 0 saturated heterocycles. The molecule has 0 spiro atoms. The first-order chi connectivity index (χ1) is 15.0. The number of aromatic nitrogens is 2. The predicted molar refractivity (Wildman–Crippen MR) is 121 cm³/mol. The Morgan fingerprint density at radius 3 is 2.94 bits per heavy atom. The van der Waals surface area contributed by atoms with E-state index >= 15 is 0 Å². The lowest BCUT2D eigenvalue weighted by atomic mass is 10.1. The van der Waals surface area contributed by atoms with Gasteiger partial charge in [-0.25, -0.2) is 4.98 Å². The Balaban J connectivity index is 1.47. The summed E-state index contributed by atoms with van der Waals surface area (Å²) in [4.78, 5) is 46.1. The summed E-state index contributed by atoms with van der Waals surface area (Å²) in [5, 5.41) is 5.39. The first kappa shape index (κ1) is 21.2. The minimum Gasteiger partial charge on any atom is -0.343 e. The van der Waals surface area contributed by atoms with Crippen molar-refractivity contribution in [3.8, 4) is 0 Å². The molecule has 0 saturated carbocycles. The topological polar surface area (TPSA) is 84.3 Å². The minimum atomic E-state index is -0.593. The molecule has 0 fully saturated rings. The van der Waals surface area contributed by atoms with Gasteiger partial charge in [-0.05, 0) is 48.4 Å². The maximum atomic E-state index is 13.1. The van der Waals surface area contributed by atoms with Crippen LogP contribution in [-0.4, -0.2) is 38.9 Å². The number of nitrogens with zero attached hydrogens (tertiary/aromatic N) is 3. The SMILES string of the molecule is CCCC(NC(=O)Cn1cnc2c(C)cccc2c1=O)C(=O)N1CCc2sccc2C1. The number of thiophene rings is 1. The molecule has 3 heterocycles. The number of hydrogen-bond donors (Lipinski definition) is 1. The second kappa shape index (κ2) is 9.01. The predicted octanol–water partition coefficient (Wildman–Crippen LogP) is 2.64. The average molecular weight is 439 g/mol. The molecule has 7 nitrogen and oxygen atoms in total. The lowest BCUT2D eigenvalue weighted by Crippen LogP contribution is -2.50. The monoisotopic (exact) mass is 438 g/mol. The third-order valence-electron chi connectivity index (χ3n) is 5.70. The third kappa shape index (κ3) is 4.39. The van der Waals surface area contributed by atoms with Crippen LogP contribution in [0.5, 0.6) is 0 Å². The fourth-order valence-corrected chi connectivity index (χ4v) is 4.94. The van der Waals surface area contributed by atoms with Crippen LogP contribution in [0.3, 0.4) is 0 Å². The highest BCUT2D eigenvalue weighted by Gasteiger charge is 2.28. The van der Waals surface area contributed by atoms with Gasteiger partial charge in [0.2, 0.25) is 11.8 Å².